The van der Waals surface area contributed by atoms with Crippen molar-refractivity contribution in [1.29, 1.82) is 0 Å². The summed E-state index contributed by atoms with van der Waals surface area (Å²) in [5.74, 6) is -0.140. The first-order valence-electron chi connectivity index (χ1n) is 17.0. The minimum Gasteiger partial charge on any atom is -0.460 e. The van der Waals surface area contributed by atoms with Crippen LogP contribution in [0.3, 0.4) is 0 Å². The molecule has 0 aliphatic heterocycles. The van der Waals surface area contributed by atoms with E-state index in [2.05, 4.69) is 122 Å². The van der Waals surface area contributed by atoms with E-state index in [4.69, 9.17) is 18.9 Å². The number of imidazole rings is 3. The van der Waals surface area contributed by atoms with E-state index >= 15 is 0 Å². The maximum Gasteiger partial charge on any atom is 0.374 e. The van der Waals surface area contributed by atoms with Crippen LogP contribution in [0, 0.1) is 20.8 Å². The Hall–Kier alpha value is -0.929. The van der Waals surface area contributed by atoms with Gasteiger partial charge in [-0.05, 0) is 93.6 Å². The Morgan fingerprint density at radius 1 is 0.680 bits per heavy atom. The molecule has 3 aromatic rings. The molecule has 286 valence electrons. The first kappa shape index (κ1) is 47.1. The van der Waals surface area contributed by atoms with Gasteiger partial charge in [-0.2, -0.15) is 0 Å². The summed E-state index contributed by atoms with van der Waals surface area (Å²) in [5, 5.41) is 0. The van der Waals surface area contributed by atoms with E-state index < -0.39 is 30.2 Å². The van der Waals surface area contributed by atoms with Crippen molar-refractivity contribution in [2.75, 3.05) is 26.4 Å². The van der Waals surface area contributed by atoms with Crippen LogP contribution in [0.2, 0.25) is 77.1 Å². The van der Waals surface area contributed by atoms with Crippen molar-refractivity contribution in [3.63, 3.8) is 0 Å². The highest BCUT2D eigenvalue weighted by Gasteiger charge is 2.20. The van der Waals surface area contributed by atoms with Gasteiger partial charge in [0.25, 0.3) is 0 Å². The lowest BCUT2D eigenvalue weighted by Gasteiger charge is -2.16. The third-order valence-electron chi connectivity index (χ3n) is 7.27. The number of nitrogens with zero attached hydrogens (tertiary/aromatic N) is 6. The van der Waals surface area contributed by atoms with Gasteiger partial charge in [-0.1, -0.05) is 58.9 Å². The molecule has 11 nitrogen and oxygen atoms in total. The summed E-state index contributed by atoms with van der Waals surface area (Å²) >= 11 is 10.2. The van der Waals surface area contributed by atoms with Gasteiger partial charge in [0, 0.05) is 44.0 Å². The molecule has 3 heterocycles. The Bertz CT molecular complexity index is 1380. The maximum atomic E-state index is 11.8. The molecule has 17 heteroatoms. The predicted molar refractivity (Wildman–Crippen MR) is 222 cm³/mol. The average Bonchev–Trinajstić information content (AvgIpc) is 3.60. The summed E-state index contributed by atoms with van der Waals surface area (Å²) in [6, 6.07) is 3.51. The molecule has 0 saturated carbocycles. The van der Waals surface area contributed by atoms with E-state index in [-0.39, 0.29) is 5.82 Å². The second-order valence-corrected chi connectivity index (χ2v) is 34.8. The van der Waals surface area contributed by atoms with Gasteiger partial charge in [0.1, 0.15) is 34.0 Å². The second-order valence-electron chi connectivity index (χ2n) is 15.7. The van der Waals surface area contributed by atoms with Crippen LogP contribution in [-0.4, -0.2) is 85.3 Å². The van der Waals surface area contributed by atoms with E-state index in [1.54, 1.807) is 24.1 Å². The lowest BCUT2D eigenvalue weighted by atomic mass is 10.5. The van der Waals surface area contributed by atoms with Gasteiger partial charge < -0.3 is 28.1 Å². The van der Waals surface area contributed by atoms with Crippen molar-refractivity contribution in [3.8, 4) is 0 Å². The standard InChI is InChI=1S/C13H23BrN2O3Si.2C10H19BrN2OSi/c1-6-19-13(17)12-15-11(14)10(2)16(12)9-18-7-8-20(3,4)5;1-9-10(11)12-7-13(9)8-14-5-6-15(2,3)4;1-9-10(11)13(7-12-9)8-14-5-6-15(2,3)4/h6-9H2,1-5H3;2*7H,5-6,8H2,1-4H3. The van der Waals surface area contributed by atoms with Crippen LogP contribution in [0.5, 0.6) is 0 Å². The average molecular weight is 946 g/mol. The molecular weight excluding hydrogens is 884 g/mol. The van der Waals surface area contributed by atoms with Gasteiger partial charge in [-0.15, -0.1) is 0 Å². The van der Waals surface area contributed by atoms with Crippen LogP contribution >= 0.6 is 47.8 Å². The van der Waals surface area contributed by atoms with Gasteiger partial charge in [0.05, 0.1) is 36.3 Å². The minimum atomic E-state index is -1.10. The number of halogens is 3. The van der Waals surface area contributed by atoms with Gasteiger partial charge in [-0.3, -0.25) is 4.57 Å². The highest BCUT2D eigenvalue weighted by molar-refractivity contribution is 9.11. The molecule has 0 aromatic carbocycles. The molecule has 0 bridgehead atoms. The summed E-state index contributed by atoms with van der Waals surface area (Å²) in [7, 11) is -3.03. The molecule has 0 N–H and O–H groups in total. The number of aryl methyl sites for hydroxylation is 1. The molecule has 0 aliphatic rings. The minimum absolute atomic E-state index is 0.282. The zero-order chi connectivity index (χ0) is 38.3. The number of hydrogen-bond donors (Lipinski definition) is 0. The largest absolute Gasteiger partial charge is 0.460 e. The summed E-state index contributed by atoms with van der Waals surface area (Å²) in [6.07, 6.45) is 3.60. The number of carbonyl (C=O) groups excluding carboxylic acids is 1. The number of carbonyl (C=O) groups is 1. The number of rotatable bonds is 17. The third-order valence-corrected chi connectivity index (χ3v) is 14.9. The molecule has 0 unspecified atom stereocenters. The third kappa shape index (κ3) is 19.2. The van der Waals surface area contributed by atoms with Gasteiger partial charge in [0.2, 0.25) is 5.82 Å². The molecule has 0 aliphatic carbocycles. The van der Waals surface area contributed by atoms with Gasteiger partial charge in [-0.25, -0.2) is 19.7 Å². The van der Waals surface area contributed by atoms with Crippen LogP contribution in [0.25, 0.3) is 0 Å². The number of esters is 1. The van der Waals surface area contributed by atoms with Crippen molar-refractivity contribution in [3.05, 3.63) is 49.4 Å². The molecule has 3 aromatic heterocycles. The van der Waals surface area contributed by atoms with Gasteiger partial charge >= 0.3 is 5.97 Å². The predicted octanol–water partition coefficient (Wildman–Crippen LogP) is 9.98. The molecule has 0 spiro atoms. The molecule has 0 fully saturated rings. The molecule has 0 saturated heterocycles. The highest BCUT2D eigenvalue weighted by atomic mass is 79.9. The van der Waals surface area contributed by atoms with Crippen LogP contribution in [0.15, 0.2) is 26.5 Å². The van der Waals surface area contributed by atoms with E-state index in [1.807, 2.05) is 29.9 Å². The number of aromatic nitrogens is 6. The normalized spacial score (nSPS) is 11.9. The van der Waals surface area contributed by atoms with E-state index in [1.165, 1.54) is 12.1 Å². The first-order chi connectivity index (χ1) is 23.1. The second kappa shape index (κ2) is 22.3. The Balaban J connectivity index is 0.000000381. The zero-order valence-corrected chi connectivity index (χ0v) is 40.3. The van der Waals surface area contributed by atoms with Crippen molar-refractivity contribution in [2.24, 2.45) is 0 Å². The van der Waals surface area contributed by atoms with Crippen LogP contribution in [0.1, 0.15) is 34.6 Å². The summed E-state index contributed by atoms with van der Waals surface area (Å²) in [6.45, 7) is 33.0. The number of hydrogen-bond acceptors (Lipinski definition) is 8. The van der Waals surface area contributed by atoms with Crippen molar-refractivity contribution >= 4 is 78.0 Å². The van der Waals surface area contributed by atoms with Crippen molar-refractivity contribution < 1.29 is 23.7 Å². The van der Waals surface area contributed by atoms with Crippen LogP contribution in [0.4, 0.5) is 0 Å². The fourth-order valence-corrected chi connectivity index (χ4v) is 7.01. The van der Waals surface area contributed by atoms with E-state index in [0.717, 1.165) is 45.5 Å². The topological polar surface area (TPSA) is 107 Å². The van der Waals surface area contributed by atoms with E-state index in [9.17, 15) is 4.79 Å². The highest BCUT2D eigenvalue weighted by Crippen LogP contribution is 2.19. The van der Waals surface area contributed by atoms with Crippen molar-refractivity contribution in [1.82, 2.24) is 28.7 Å². The number of ether oxygens (including phenoxy) is 4. The summed E-state index contributed by atoms with van der Waals surface area (Å²) < 4.78 is 30.2. The Morgan fingerprint density at radius 3 is 1.54 bits per heavy atom. The fourth-order valence-electron chi connectivity index (χ4n) is 3.74. The molecular formula is C33H61Br3N6O5Si3. The monoisotopic (exact) mass is 942 g/mol. The smallest absolute Gasteiger partial charge is 0.374 e. The Kier molecular flexibility index (Phi) is 21.0. The van der Waals surface area contributed by atoms with Crippen LogP contribution in [-0.2, 0) is 39.1 Å². The lowest BCUT2D eigenvalue weighted by molar-refractivity contribution is 0.0461. The Morgan fingerprint density at radius 2 is 1.14 bits per heavy atom. The molecule has 50 heavy (non-hydrogen) atoms. The SMILES string of the molecule is CCOC(=O)c1nc(Br)c(C)n1COCC[Si](C)(C)C.Cc1c(Br)ncn1COCC[Si](C)(C)C.Cc1ncn(COCC[Si](C)(C)C)c1Br. The molecule has 0 atom stereocenters. The first-order valence-corrected chi connectivity index (χ1v) is 30.5. The lowest BCUT2D eigenvalue weighted by Crippen LogP contribution is -2.22. The fraction of sp³-hybridized carbons (Fsp3) is 0.697. The molecule has 0 radical (unpaired) electrons. The summed E-state index contributed by atoms with van der Waals surface area (Å²) in [4.78, 5) is 24.4. The van der Waals surface area contributed by atoms with Crippen LogP contribution < -0.4 is 0 Å². The Labute approximate surface area is 329 Å². The zero-order valence-electron chi connectivity index (χ0n) is 32.6. The molecule has 0 amide bonds. The quantitative estimate of drug-likeness (QED) is 0.0749. The summed E-state index contributed by atoms with van der Waals surface area (Å²) in [5.41, 5.74) is 2.98. The molecule has 3 rings (SSSR count). The van der Waals surface area contributed by atoms with Gasteiger partial charge in [0.15, 0.2) is 0 Å². The van der Waals surface area contributed by atoms with Crippen molar-refractivity contribution in [2.45, 2.75) is 125 Å². The van der Waals surface area contributed by atoms with E-state index in [0.29, 0.717) is 38.0 Å². The maximum absolute atomic E-state index is 11.8.